The number of hydrogen-bond donors (Lipinski definition) is 1. The summed E-state index contributed by atoms with van der Waals surface area (Å²) in [4.78, 5) is 12.0. The third kappa shape index (κ3) is 4.07. The normalized spacial score (nSPS) is 11.9. The van der Waals surface area contributed by atoms with Gasteiger partial charge < -0.3 is 10.3 Å². The van der Waals surface area contributed by atoms with Crippen LogP contribution in [0.3, 0.4) is 0 Å². The van der Waals surface area contributed by atoms with Gasteiger partial charge in [0.25, 0.3) is 0 Å². The Morgan fingerprint density at radius 3 is 2.63 bits per heavy atom. The maximum atomic E-state index is 6.31. The Bertz CT molecular complexity index is 1140. The molecule has 2 N–H and O–H groups in total. The number of aryl methyl sites for hydroxylation is 1. The Morgan fingerprint density at radius 2 is 1.87 bits per heavy atom. The van der Waals surface area contributed by atoms with E-state index in [1.54, 1.807) is 11.3 Å². The highest BCUT2D eigenvalue weighted by atomic mass is 32.1. The first-order valence-electron chi connectivity index (χ1n) is 11.0. The van der Waals surface area contributed by atoms with Crippen molar-refractivity contribution in [1.82, 2.24) is 19.4 Å². The summed E-state index contributed by atoms with van der Waals surface area (Å²) in [6.07, 6.45) is 3.22. The number of aromatic nitrogens is 3. The van der Waals surface area contributed by atoms with Crippen LogP contribution in [0.2, 0.25) is 0 Å². The van der Waals surface area contributed by atoms with Crippen molar-refractivity contribution in [1.29, 1.82) is 0 Å². The van der Waals surface area contributed by atoms with E-state index in [2.05, 4.69) is 64.9 Å². The summed E-state index contributed by atoms with van der Waals surface area (Å²) in [5.74, 6) is 1.64. The number of rotatable bonds is 9. The van der Waals surface area contributed by atoms with Crippen LogP contribution in [0.4, 0.5) is 5.82 Å². The molecule has 0 radical (unpaired) electrons. The monoisotopic (exact) mass is 421 g/mol. The van der Waals surface area contributed by atoms with Crippen LogP contribution in [0.1, 0.15) is 50.6 Å². The second-order valence-corrected chi connectivity index (χ2v) is 8.74. The van der Waals surface area contributed by atoms with Crippen molar-refractivity contribution >= 4 is 38.4 Å². The number of hydrogen-bond acceptors (Lipinski definition) is 5. The molecule has 0 fully saturated rings. The van der Waals surface area contributed by atoms with Gasteiger partial charge in [-0.1, -0.05) is 51.5 Å². The molecule has 5 nitrogen and oxygen atoms in total. The van der Waals surface area contributed by atoms with Gasteiger partial charge in [0.2, 0.25) is 0 Å². The third-order valence-electron chi connectivity index (χ3n) is 5.78. The van der Waals surface area contributed by atoms with Crippen molar-refractivity contribution in [2.75, 3.05) is 18.8 Å². The van der Waals surface area contributed by atoms with Gasteiger partial charge in [-0.25, -0.2) is 9.97 Å². The van der Waals surface area contributed by atoms with Crippen LogP contribution in [-0.2, 0) is 19.5 Å². The van der Waals surface area contributed by atoms with Gasteiger partial charge in [0.05, 0.1) is 15.7 Å². The highest BCUT2D eigenvalue weighted by Crippen LogP contribution is 2.33. The van der Waals surface area contributed by atoms with Crippen LogP contribution in [0.5, 0.6) is 0 Å². The Labute approximate surface area is 182 Å². The van der Waals surface area contributed by atoms with Crippen LogP contribution < -0.4 is 5.73 Å². The lowest BCUT2D eigenvalue weighted by Crippen LogP contribution is -2.22. The quantitative estimate of drug-likeness (QED) is 0.390. The molecule has 3 heterocycles. The SMILES string of the molecule is CCCCc1nc2c(N)nc3ccsc3c2n1Cc1cccc(CN(CC)CC)c1. The highest BCUT2D eigenvalue weighted by Gasteiger charge is 2.18. The number of nitrogens with zero attached hydrogens (tertiary/aromatic N) is 4. The number of nitrogens with two attached hydrogens (primary N) is 1. The number of pyridine rings is 1. The van der Waals surface area contributed by atoms with Crippen LogP contribution in [0.15, 0.2) is 35.7 Å². The molecule has 0 aliphatic heterocycles. The first-order chi connectivity index (χ1) is 14.6. The first-order valence-corrected chi connectivity index (χ1v) is 11.8. The molecule has 158 valence electrons. The predicted molar refractivity (Wildman–Crippen MR) is 128 cm³/mol. The van der Waals surface area contributed by atoms with Crippen molar-refractivity contribution < 1.29 is 0 Å². The fraction of sp³-hybridized carbons (Fsp3) is 0.417. The van der Waals surface area contributed by atoms with Crippen molar-refractivity contribution in [2.45, 2.75) is 53.1 Å². The van der Waals surface area contributed by atoms with Crippen LogP contribution in [0, 0.1) is 0 Å². The predicted octanol–water partition coefficient (Wildman–Crippen LogP) is 5.46. The molecule has 0 amide bonds. The maximum Gasteiger partial charge on any atom is 0.152 e. The largest absolute Gasteiger partial charge is 0.382 e. The van der Waals surface area contributed by atoms with Crippen LogP contribution in [0.25, 0.3) is 21.3 Å². The molecule has 30 heavy (non-hydrogen) atoms. The summed E-state index contributed by atoms with van der Waals surface area (Å²) in [7, 11) is 0. The molecule has 0 atom stereocenters. The van der Waals surface area contributed by atoms with Gasteiger partial charge in [0.1, 0.15) is 11.3 Å². The molecule has 3 aromatic heterocycles. The van der Waals surface area contributed by atoms with Gasteiger partial charge in [-0.05, 0) is 42.1 Å². The van der Waals surface area contributed by atoms with E-state index in [1.807, 2.05) is 6.07 Å². The molecule has 0 aliphatic rings. The van der Waals surface area contributed by atoms with Crippen LogP contribution in [-0.4, -0.2) is 32.5 Å². The average Bonchev–Trinajstić information content (AvgIpc) is 3.35. The van der Waals surface area contributed by atoms with Crippen molar-refractivity contribution in [2.24, 2.45) is 0 Å². The zero-order valence-corrected chi connectivity index (χ0v) is 19.0. The molecular formula is C24H31N5S. The lowest BCUT2D eigenvalue weighted by molar-refractivity contribution is 0.296. The zero-order valence-electron chi connectivity index (χ0n) is 18.2. The maximum absolute atomic E-state index is 6.31. The molecule has 0 spiro atoms. The summed E-state index contributed by atoms with van der Waals surface area (Å²) >= 11 is 1.72. The summed E-state index contributed by atoms with van der Waals surface area (Å²) < 4.78 is 3.55. The van der Waals surface area contributed by atoms with Crippen molar-refractivity contribution in [3.63, 3.8) is 0 Å². The van der Waals surface area contributed by atoms with Crippen molar-refractivity contribution in [3.8, 4) is 0 Å². The smallest absolute Gasteiger partial charge is 0.152 e. The molecule has 4 aromatic rings. The van der Waals surface area contributed by atoms with E-state index in [4.69, 9.17) is 10.7 Å². The summed E-state index contributed by atoms with van der Waals surface area (Å²) in [6, 6.07) is 11.0. The van der Waals surface area contributed by atoms with Gasteiger partial charge in [-0.15, -0.1) is 11.3 Å². The standard InChI is InChI=1S/C24H31N5S/c1-4-7-11-20-27-21-22(23-19(12-13-30-23)26-24(21)25)29(20)16-18-10-8-9-17(14-18)15-28(5-2)6-3/h8-10,12-14H,4-7,11,15-16H2,1-3H3,(H2,25,26). The van der Waals surface area contributed by atoms with E-state index in [9.17, 15) is 0 Å². The molecule has 0 aliphatic carbocycles. The number of unbranched alkanes of at least 4 members (excludes halogenated alkanes) is 1. The van der Waals surface area contributed by atoms with Gasteiger partial charge in [0.15, 0.2) is 5.82 Å². The van der Waals surface area contributed by atoms with E-state index < -0.39 is 0 Å². The number of anilines is 1. The Kier molecular flexibility index (Phi) is 6.35. The minimum Gasteiger partial charge on any atom is -0.382 e. The molecule has 6 heteroatoms. The lowest BCUT2D eigenvalue weighted by atomic mass is 10.1. The Morgan fingerprint density at radius 1 is 1.07 bits per heavy atom. The Hall–Kier alpha value is -2.44. The molecule has 0 saturated heterocycles. The summed E-state index contributed by atoms with van der Waals surface area (Å²) in [6.45, 7) is 10.6. The minimum atomic E-state index is 0.530. The average molecular weight is 422 g/mol. The number of nitrogen functional groups attached to an aromatic ring is 1. The molecule has 0 bridgehead atoms. The molecule has 4 rings (SSSR count). The van der Waals surface area contributed by atoms with E-state index in [0.29, 0.717) is 5.82 Å². The summed E-state index contributed by atoms with van der Waals surface area (Å²) in [5, 5.41) is 2.09. The van der Waals surface area contributed by atoms with E-state index >= 15 is 0 Å². The zero-order chi connectivity index (χ0) is 21.1. The number of benzene rings is 1. The topological polar surface area (TPSA) is 60.0 Å². The molecule has 1 aromatic carbocycles. The van der Waals surface area contributed by atoms with Crippen molar-refractivity contribution in [3.05, 3.63) is 52.7 Å². The number of fused-ring (bicyclic) bond motifs is 3. The lowest BCUT2D eigenvalue weighted by Gasteiger charge is -2.18. The van der Waals surface area contributed by atoms with Gasteiger partial charge in [-0.2, -0.15) is 0 Å². The number of thiophene rings is 1. The van der Waals surface area contributed by atoms with Gasteiger partial charge >= 0.3 is 0 Å². The minimum absolute atomic E-state index is 0.530. The second kappa shape index (κ2) is 9.14. The Balaban J connectivity index is 1.78. The van der Waals surface area contributed by atoms with E-state index in [1.165, 1.54) is 15.8 Å². The fourth-order valence-electron chi connectivity index (χ4n) is 4.07. The summed E-state index contributed by atoms with van der Waals surface area (Å²) in [5.41, 5.74) is 11.9. The van der Waals surface area contributed by atoms with E-state index in [0.717, 1.165) is 67.8 Å². The highest BCUT2D eigenvalue weighted by molar-refractivity contribution is 7.18. The molecular weight excluding hydrogens is 390 g/mol. The second-order valence-electron chi connectivity index (χ2n) is 7.83. The first kappa shape index (κ1) is 20.8. The molecule has 0 unspecified atom stereocenters. The van der Waals surface area contributed by atoms with E-state index in [-0.39, 0.29) is 0 Å². The third-order valence-corrected chi connectivity index (χ3v) is 6.69. The van der Waals surface area contributed by atoms with Gasteiger partial charge in [-0.3, -0.25) is 4.90 Å². The fourth-order valence-corrected chi connectivity index (χ4v) is 4.95. The van der Waals surface area contributed by atoms with Crippen LogP contribution >= 0.6 is 11.3 Å². The van der Waals surface area contributed by atoms with Gasteiger partial charge in [0, 0.05) is 19.5 Å². The molecule has 0 saturated carbocycles. The number of imidazole rings is 1.